The van der Waals surface area contributed by atoms with Crippen molar-refractivity contribution in [3.05, 3.63) is 0 Å². The van der Waals surface area contributed by atoms with Crippen LogP contribution in [-0.4, -0.2) is 35.1 Å². The fourth-order valence-electron chi connectivity index (χ4n) is 2.12. The molecule has 0 spiro atoms. The van der Waals surface area contributed by atoms with Gasteiger partial charge in [0.15, 0.2) is 0 Å². The third-order valence-corrected chi connectivity index (χ3v) is 3.22. The molecule has 0 saturated heterocycles. The number of amides is 2. The number of hydrogen-bond donors (Lipinski definition) is 3. The number of nitrogens with one attached hydrogen (secondary N) is 2. The molecule has 5 heteroatoms. The molecule has 3 unspecified atom stereocenters. The zero-order valence-electron chi connectivity index (χ0n) is 12.3. The van der Waals surface area contributed by atoms with Gasteiger partial charge in [-0.15, -0.1) is 0 Å². The third kappa shape index (κ3) is 5.59. The Kier molecular flexibility index (Phi) is 5.79. The van der Waals surface area contributed by atoms with E-state index in [0.29, 0.717) is 5.92 Å². The first-order chi connectivity index (χ1) is 8.81. The van der Waals surface area contributed by atoms with Gasteiger partial charge in [-0.1, -0.05) is 13.8 Å². The molecule has 3 N–H and O–H groups in total. The molecule has 0 aromatic heterocycles. The van der Waals surface area contributed by atoms with Gasteiger partial charge >= 0.3 is 0 Å². The zero-order chi connectivity index (χ0) is 14.6. The molecule has 1 rings (SSSR count). The van der Waals surface area contributed by atoms with Crippen LogP contribution in [0, 0.1) is 11.8 Å². The largest absolute Gasteiger partial charge is 0.391 e. The molecule has 0 aromatic carbocycles. The predicted molar refractivity (Wildman–Crippen MR) is 73.4 cm³/mol. The molecule has 0 aromatic rings. The highest BCUT2D eigenvalue weighted by Crippen LogP contribution is 2.28. The van der Waals surface area contributed by atoms with Crippen LogP contribution in [0.4, 0.5) is 0 Å². The molecule has 110 valence electrons. The summed E-state index contributed by atoms with van der Waals surface area (Å²) < 4.78 is 0. The van der Waals surface area contributed by atoms with Gasteiger partial charge in [0, 0.05) is 12.0 Å². The average molecular weight is 270 g/mol. The molecule has 0 aliphatic heterocycles. The summed E-state index contributed by atoms with van der Waals surface area (Å²) in [6.45, 7) is 7.62. The Labute approximate surface area is 115 Å². The second kappa shape index (κ2) is 6.89. The maximum atomic E-state index is 12.1. The molecular weight excluding hydrogens is 244 g/mol. The molecule has 1 aliphatic carbocycles. The lowest BCUT2D eigenvalue weighted by Crippen LogP contribution is -2.54. The molecule has 1 aliphatic rings. The van der Waals surface area contributed by atoms with Gasteiger partial charge in [-0.25, -0.2) is 0 Å². The molecule has 2 amide bonds. The van der Waals surface area contributed by atoms with E-state index in [0.717, 1.165) is 19.3 Å². The summed E-state index contributed by atoms with van der Waals surface area (Å²) in [5.41, 5.74) is 0. The number of carbonyl (C=O) groups is 2. The van der Waals surface area contributed by atoms with Crippen molar-refractivity contribution in [1.29, 1.82) is 0 Å². The number of rotatable bonds is 7. The summed E-state index contributed by atoms with van der Waals surface area (Å²) in [7, 11) is 0. The quantitative estimate of drug-likeness (QED) is 0.640. The van der Waals surface area contributed by atoms with Gasteiger partial charge in [0.2, 0.25) is 11.8 Å². The minimum atomic E-state index is -0.894. The van der Waals surface area contributed by atoms with Crippen LogP contribution in [0.15, 0.2) is 0 Å². The van der Waals surface area contributed by atoms with Crippen molar-refractivity contribution in [1.82, 2.24) is 10.6 Å². The normalized spacial score (nSPS) is 19.7. The van der Waals surface area contributed by atoms with Gasteiger partial charge in [0.05, 0.1) is 6.10 Å². The predicted octanol–water partition coefficient (Wildman–Crippen LogP) is 0.813. The van der Waals surface area contributed by atoms with E-state index in [9.17, 15) is 14.7 Å². The lowest BCUT2D eigenvalue weighted by molar-refractivity contribution is -0.132. The second-order valence-corrected chi connectivity index (χ2v) is 6.04. The summed E-state index contributed by atoms with van der Waals surface area (Å²) in [4.78, 5) is 23.8. The van der Waals surface area contributed by atoms with Gasteiger partial charge in [0.25, 0.3) is 0 Å². The minimum Gasteiger partial charge on any atom is -0.391 e. The molecule has 1 saturated carbocycles. The van der Waals surface area contributed by atoms with Crippen LogP contribution < -0.4 is 10.6 Å². The van der Waals surface area contributed by atoms with Crippen molar-refractivity contribution in [2.45, 2.75) is 65.1 Å². The van der Waals surface area contributed by atoms with Crippen molar-refractivity contribution < 1.29 is 14.7 Å². The molecule has 0 radical (unpaired) electrons. The van der Waals surface area contributed by atoms with E-state index in [2.05, 4.69) is 24.5 Å². The number of aliphatic hydroxyl groups is 1. The van der Waals surface area contributed by atoms with Crippen LogP contribution in [-0.2, 0) is 9.59 Å². The molecule has 19 heavy (non-hydrogen) atoms. The van der Waals surface area contributed by atoms with Crippen LogP contribution in [0.2, 0.25) is 0 Å². The summed E-state index contributed by atoms with van der Waals surface area (Å²) in [5.74, 6) is 0.0817. The highest BCUT2D eigenvalue weighted by atomic mass is 16.3. The maximum Gasteiger partial charge on any atom is 0.245 e. The maximum absolute atomic E-state index is 12.1. The van der Waals surface area contributed by atoms with Crippen molar-refractivity contribution in [2.24, 2.45) is 11.8 Å². The standard InChI is InChI=1S/C14H26N2O3/c1-8(2)7-9(3)15-14(19)12(10(4)17)16-13(18)11-5-6-11/h8-12,17H,5-7H2,1-4H3,(H,15,19)(H,16,18). The molecule has 1 fully saturated rings. The van der Waals surface area contributed by atoms with Gasteiger partial charge in [-0.05, 0) is 39.0 Å². The van der Waals surface area contributed by atoms with E-state index in [1.165, 1.54) is 6.92 Å². The zero-order valence-corrected chi connectivity index (χ0v) is 12.3. The fraction of sp³-hybridized carbons (Fsp3) is 0.857. The minimum absolute atomic E-state index is 0.0298. The second-order valence-electron chi connectivity index (χ2n) is 6.04. The summed E-state index contributed by atoms with van der Waals surface area (Å²) in [5, 5.41) is 15.1. The van der Waals surface area contributed by atoms with Crippen LogP contribution >= 0.6 is 0 Å². The first kappa shape index (κ1) is 16.0. The van der Waals surface area contributed by atoms with Crippen molar-refractivity contribution in [3.63, 3.8) is 0 Å². The van der Waals surface area contributed by atoms with Crippen LogP contribution in [0.1, 0.15) is 47.0 Å². The highest BCUT2D eigenvalue weighted by molar-refractivity contribution is 5.89. The number of aliphatic hydroxyl groups excluding tert-OH is 1. The van der Waals surface area contributed by atoms with E-state index < -0.39 is 12.1 Å². The highest BCUT2D eigenvalue weighted by Gasteiger charge is 2.34. The van der Waals surface area contributed by atoms with Crippen molar-refractivity contribution in [2.75, 3.05) is 0 Å². The Bertz CT molecular complexity index is 325. The fourth-order valence-corrected chi connectivity index (χ4v) is 2.12. The van der Waals surface area contributed by atoms with Crippen molar-refractivity contribution in [3.8, 4) is 0 Å². The lowest BCUT2D eigenvalue weighted by atomic mass is 10.0. The number of carbonyl (C=O) groups excluding carboxylic acids is 2. The van der Waals surface area contributed by atoms with Crippen LogP contribution in [0.25, 0.3) is 0 Å². The molecule has 5 nitrogen and oxygen atoms in total. The Hall–Kier alpha value is -1.10. The van der Waals surface area contributed by atoms with E-state index in [4.69, 9.17) is 0 Å². The average Bonchev–Trinajstić information content (AvgIpc) is 3.06. The van der Waals surface area contributed by atoms with Gasteiger partial charge in [-0.2, -0.15) is 0 Å². The van der Waals surface area contributed by atoms with Gasteiger partial charge in [-0.3, -0.25) is 9.59 Å². The van der Waals surface area contributed by atoms with E-state index in [1.807, 2.05) is 6.92 Å². The molecule has 3 atom stereocenters. The summed E-state index contributed by atoms with van der Waals surface area (Å²) in [6, 6.07) is -0.825. The smallest absolute Gasteiger partial charge is 0.245 e. The molecular formula is C14H26N2O3. The topological polar surface area (TPSA) is 78.4 Å². The summed E-state index contributed by atoms with van der Waals surface area (Å²) in [6.07, 6.45) is 1.73. The monoisotopic (exact) mass is 270 g/mol. The third-order valence-electron chi connectivity index (χ3n) is 3.22. The SMILES string of the molecule is CC(C)CC(C)NC(=O)C(NC(=O)C1CC1)C(C)O. The number of hydrogen-bond acceptors (Lipinski definition) is 3. The molecule has 0 bridgehead atoms. The Balaban J connectivity index is 2.49. The van der Waals surface area contributed by atoms with Gasteiger partial charge < -0.3 is 15.7 Å². The van der Waals surface area contributed by atoms with Gasteiger partial charge in [0.1, 0.15) is 6.04 Å². The first-order valence-electron chi connectivity index (χ1n) is 7.10. The van der Waals surface area contributed by atoms with Crippen LogP contribution in [0.5, 0.6) is 0 Å². The van der Waals surface area contributed by atoms with Crippen LogP contribution in [0.3, 0.4) is 0 Å². The first-order valence-corrected chi connectivity index (χ1v) is 7.10. The Morgan fingerprint density at radius 3 is 2.16 bits per heavy atom. The van der Waals surface area contributed by atoms with Crippen molar-refractivity contribution >= 4 is 11.8 Å². The molecule has 0 heterocycles. The van der Waals surface area contributed by atoms with E-state index in [-0.39, 0.29) is 23.8 Å². The van der Waals surface area contributed by atoms with E-state index in [1.54, 1.807) is 0 Å². The summed E-state index contributed by atoms with van der Waals surface area (Å²) >= 11 is 0. The van der Waals surface area contributed by atoms with E-state index >= 15 is 0 Å². The lowest BCUT2D eigenvalue weighted by Gasteiger charge is -2.24. The Morgan fingerprint density at radius 2 is 1.74 bits per heavy atom. The Morgan fingerprint density at radius 1 is 1.16 bits per heavy atom.